The quantitative estimate of drug-likeness (QED) is 0.551. The van der Waals surface area contributed by atoms with Gasteiger partial charge in [-0.05, 0) is 50.3 Å². The fraction of sp³-hybridized carbons (Fsp3) is 0.429. The van der Waals surface area contributed by atoms with Crippen molar-refractivity contribution in [3.05, 3.63) is 44.7 Å². The fourth-order valence-electron chi connectivity index (χ4n) is 3.74. The lowest BCUT2D eigenvalue weighted by atomic mass is 9.99. The van der Waals surface area contributed by atoms with Crippen LogP contribution in [0.5, 0.6) is 0 Å². The zero-order valence-electron chi connectivity index (χ0n) is 16.8. The predicted octanol–water partition coefficient (Wildman–Crippen LogP) is 3.46. The summed E-state index contributed by atoms with van der Waals surface area (Å²) in [5, 5.41) is 0. The van der Waals surface area contributed by atoms with Crippen LogP contribution in [0.4, 0.5) is 5.82 Å². The fourth-order valence-corrected chi connectivity index (χ4v) is 5.10. The number of carbonyl (C=O) groups excluding carboxylic acids is 1. The number of rotatable bonds is 3. The second-order valence-electron chi connectivity index (χ2n) is 7.68. The molecule has 2 aliphatic heterocycles. The van der Waals surface area contributed by atoms with Crippen LogP contribution in [0.2, 0.25) is 0 Å². The first-order valence-corrected chi connectivity index (χ1v) is 11.1. The molecule has 6 nitrogen and oxygen atoms in total. The van der Waals surface area contributed by atoms with E-state index in [1.54, 1.807) is 21.6 Å². The summed E-state index contributed by atoms with van der Waals surface area (Å²) < 4.78 is 2.10. The van der Waals surface area contributed by atoms with E-state index in [9.17, 15) is 9.59 Å². The summed E-state index contributed by atoms with van der Waals surface area (Å²) in [4.78, 5) is 35.2. The Labute approximate surface area is 179 Å². The largest absolute Gasteiger partial charge is 0.356 e. The van der Waals surface area contributed by atoms with Crippen molar-refractivity contribution in [2.24, 2.45) is 5.92 Å². The number of anilines is 1. The molecular weight excluding hydrogens is 404 g/mol. The lowest BCUT2D eigenvalue weighted by Gasteiger charge is -2.32. The highest BCUT2D eigenvalue weighted by atomic mass is 32.2. The Balaban J connectivity index is 1.89. The number of thiocarbonyl (C=S) groups is 1. The normalized spacial score (nSPS) is 19.8. The minimum absolute atomic E-state index is 0.144. The molecule has 2 fully saturated rings. The Morgan fingerprint density at radius 2 is 2.00 bits per heavy atom. The highest BCUT2D eigenvalue weighted by Crippen LogP contribution is 2.33. The van der Waals surface area contributed by atoms with Gasteiger partial charge in [-0.1, -0.05) is 37.0 Å². The van der Waals surface area contributed by atoms with Crippen LogP contribution in [0.1, 0.15) is 37.8 Å². The van der Waals surface area contributed by atoms with Crippen LogP contribution in [0.25, 0.3) is 11.7 Å². The molecule has 0 saturated carbocycles. The van der Waals surface area contributed by atoms with Crippen LogP contribution in [0, 0.1) is 12.8 Å². The molecule has 0 aliphatic carbocycles. The number of amides is 1. The van der Waals surface area contributed by atoms with E-state index >= 15 is 0 Å². The monoisotopic (exact) mass is 428 g/mol. The van der Waals surface area contributed by atoms with Gasteiger partial charge >= 0.3 is 0 Å². The highest BCUT2D eigenvalue weighted by Gasteiger charge is 2.32. The maximum Gasteiger partial charge on any atom is 0.267 e. The topological polar surface area (TPSA) is 57.9 Å². The van der Waals surface area contributed by atoms with Gasteiger partial charge < -0.3 is 4.90 Å². The molecule has 1 amide bonds. The maximum atomic E-state index is 13.4. The predicted molar refractivity (Wildman–Crippen MR) is 122 cm³/mol. The summed E-state index contributed by atoms with van der Waals surface area (Å²) in [7, 11) is 0. The number of nitrogens with zero attached hydrogens (tertiary/aromatic N) is 4. The molecule has 2 aromatic heterocycles. The number of thioether (sulfide) groups is 1. The Morgan fingerprint density at radius 3 is 2.66 bits per heavy atom. The number of hydrogen-bond acceptors (Lipinski definition) is 6. The smallest absolute Gasteiger partial charge is 0.267 e. The summed E-state index contributed by atoms with van der Waals surface area (Å²) in [6, 6.07) is 3.82. The van der Waals surface area contributed by atoms with Gasteiger partial charge in [0.15, 0.2) is 0 Å². The molecular formula is C21H24N4O2S2. The first-order chi connectivity index (χ1) is 13.9. The van der Waals surface area contributed by atoms with Crippen LogP contribution >= 0.6 is 24.0 Å². The third kappa shape index (κ3) is 3.71. The van der Waals surface area contributed by atoms with Crippen molar-refractivity contribution in [1.29, 1.82) is 0 Å². The first-order valence-electron chi connectivity index (χ1n) is 9.92. The van der Waals surface area contributed by atoms with Gasteiger partial charge in [0.25, 0.3) is 11.5 Å². The summed E-state index contributed by atoms with van der Waals surface area (Å²) in [6.45, 7) is 8.31. The van der Waals surface area contributed by atoms with Gasteiger partial charge in [-0.2, -0.15) is 0 Å². The highest BCUT2D eigenvalue weighted by molar-refractivity contribution is 8.26. The second kappa shape index (κ2) is 7.91. The SMILES string of the molecule is CCN1C(=O)/C(=C/c2c(N3CCC(C)CC3)nc3ccc(C)cn3c2=O)SC1=S. The number of piperidine rings is 1. The zero-order valence-corrected chi connectivity index (χ0v) is 18.5. The van der Waals surface area contributed by atoms with Crippen LogP contribution in [-0.2, 0) is 4.79 Å². The molecule has 4 heterocycles. The number of hydrogen-bond donors (Lipinski definition) is 0. The number of aryl methyl sites for hydroxylation is 1. The Kier molecular flexibility index (Phi) is 5.48. The maximum absolute atomic E-state index is 13.4. The standard InChI is InChI=1S/C21H24N4O2S2/c1-4-24-20(27)16(29-21(24)28)11-15-18(23-9-7-13(2)8-10-23)22-17-6-5-14(3)12-25(17)19(15)26/h5-6,11-13H,4,7-10H2,1-3H3/b16-11-. The van der Waals surface area contributed by atoms with Crippen molar-refractivity contribution < 1.29 is 4.79 Å². The Hall–Kier alpha value is -2.19. The molecule has 152 valence electrons. The van der Waals surface area contributed by atoms with Crippen LogP contribution in [-0.4, -0.2) is 44.1 Å². The number of carbonyl (C=O) groups is 1. The molecule has 0 unspecified atom stereocenters. The van der Waals surface area contributed by atoms with Crippen molar-refractivity contribution in [2.45, 2.75) is 33.6 Å². The molecule has 0 N–H and O–H groups in total. The van der Waals surface area contributed by atoms with E-state index < -0.39 is 0 Å². The first kappa shape index (κ1) is 20.1. The second-order valence-corrected chi connectivity index (χ2v) is 9.36. The molecule has 2 aromatic rings. The summed E-state index contributed by atoms with van der Waals surface area (Å²) in [5.74, 6) is 1.18. The van der Waals surface area contributed by atoms with E-state index in [2.05, 4.69) is 11.8 Å². The van der Waals surface area contributed by atoms with Gasteiger partial charge in [-0.25, -0.2) is 4.98 Å². The lowest BCUT2D eigenvalue weighted by Crippen LogP contribution is -2.36. The van der Waals surface area contributed by atoms with Gasteiger partial charge in [-0.3, -0.25) is 18.9 Å². The van der Waals surface area contributed by atoms with Crippen molar-refractivity contribution in [3.8, 4) is 0 Å². The number of aromatic nitrogens is 2. The lowest BCUT2D eigenvalue weighted by molar-refractivity contribution is -0.121. The third-order valence-electron chi connectivity index (χ3n) is 5.53. The van der Waals surface area contributed by atoms with E-state index in [4.69, 9.17) is 17.2 Å². The third-order valence-corrected chi connectivity index (χ3v) is 6.91. The molecule has 4 rings (SSSR count). The van der Waals surface area contributed by atoms with Crippen LogP contribution < -0.4 is 10.5 Å². The molecule has 0 bridgehead atoms. The molecule has 0 aromatic carbocycles. The molecule has 2 aliphatic rings. The van der Waals surface area contributed by atoms with Crippen LogP contribution in [0.15, 0.2) is 28.0 Å². The van der Waals surface area contributed by atoms with Gasteiger partial charge in [0.1, 0.15) is 15.8 Å². The number of pyridine rings is 1. The zero-order chi connectivity index (χ0) is 20.7. The Bertz CT molecular complexity index is 1080. The van der Waals surface area contributed by atoms with Gasteiger partial charge in [0.2, 0.25) is 0 Å². The molecule has 8 heteroatoms. The summed E-state index contributed by atoms with van der Waals surface area (Å²) in [6.07, 6.45) is 5.60. The Morgan fingerprint density at radius 1 is 1.28 bits per heavy atom. The number of fused-ring (bicyclic) bond motifs is 1. The van der Waals surface area contributed by atoms with Crippen molar-refractivity contribution >= 4 is 51.7 Å². The van der Waals surface area contributed by atoms with Crippen LogP contribution in [0.3, 0.4) is 0 Å². The molecule has 29 heavy (non-hydrogen) atoms. The van der Waals surface area contributed by atoms with E-state index in [1.807, 2.05) is 26.0 Å². The average molecular weight is 429 g/mol. The van der Waals surface area contributed by atoms with Gasteiger partial charge in [0.05, 0.1) is 10.5 Å². The van der Waals surface area contributed by atoms with Crippen molar-refractivity contribution in [1.82, 2.24) is 14.3 Å². The minimum atomic E-state index is -0.158. The van der Waals surface area contributed by atoms with Crippen molar-refractivity contribution in [2.75, 3.05) is 24.5 Å². The molecule has 0 radical (unpaired) electrons. The average Bonchev–Trinajstić information content (AvgIpc) is 2.97. The van der Waals surface area contributed by atoms with E-state index in [0.29, 0.717) is 38.7 Å². The summed E-state index contributed by atoms with van der Waals surface area (Å²) >= 11 is 6.57. The minimum Gasteiger partial charge on any atom is -0.356 e. The number of likely N-dealkylation sites (N-methyl/N-ethyl adjacent to an activating group) is 1. The molecule has 2 saturated heterocycles. The molecule has 0 spiro atoms. The molecule has 0 atom stereocenters. The van der Waals surface area contributed by atoms with E-state index in [-0.39, 0.29) is 11.5 Å². The van der Waals surface area contributed by atoms with E-state index in [1.165, 1.54) is 11.8 Å². The summed E-state index contributed by atoms with van der Waals surface area (Å²) in [5.41, 5.74) is 1.89. The van der Waals surface area contributed by atoms with E-state index in [0.717, 1.165) is 31.5 Å². The van der Waals surface area contributed by atoms with Gasteiger partial charge in [0, 0.05) is 25.8 Å². The van der Waals surface area contributed by atoms with Crippen molar-refractivity contribution in [3.63, 3.8) is 0 Å². The van der Waals surface area contributed by atoms with Gasteiger partial charge in [-0.15, -0.1) is 0 Å².